The first-order valence-corrected chi connectivity index (χ1v) is 11.3. The Morgan fingerprint density at radius 2 is 1.88 bits per heavy atom. The second-order valence-corrected chi connectivity index (χ2v) is 9.24. The van der Waals surface area contributed by atoms with Crippen LogP contribution in [0.25, 0.3) is 28.1 Å². The highest BCUT2D eigenvalue weighted by Crippen LogP contribution is 2.38. The molecule has 33 heavy (non-hydrogen) atoms. The molecule has 5 nitrogen and oxygen atoms in total. The molecule has 1 aliphatic heterocycles. The second-order valence-electron chi connectivity index (χ2n) is 9.24. The third-order valence-electron chi connectivity index (χ3n) is 5.85. The maximum Gasteiger partial charge on any atom is 0.305 e. The summed E-state index contributed by atoms with van der Waals surface area (Å²) in [5, 5.41) is 10.3. The zero-order chi connectivity index (χ0) is 23.8. The highest BCUT2D eigenvalue weighted by molar-refractivity contribution is 6.01. The number of carboxylic acids is 1. The monoisotopic (exact) mass is 451 g/mol. The van der Waals surface area contributed by atoms with E-state index in [0.717, 1.165) is 27.7 Å². The molecule has 1 aromatic heterocycles. The van der Waals surface area contributed by atoms with Crippen LogP contribution in [-0.2, 0) is 14.3 Å². The fourth-order valence-electron chi connectivity index (χ4n) is 4.71. The molecule has 1 N–H and O–H groups in total. The molecule has 6 heteroatoms. The summed E-state index contributed by atoms with van der Waals surface area (Å²) in [6.45, 7) is 7.87. The number of hydrogen-bond donors (Lipinski definition) is 1. The molecule has 0 unspecified atom stereocenters. The van der Waals surface area contributed by atoms with Crippen LogP contribution in [0.5, 0.6) is 0 Å². The fourth-order valence-corrected chi connectivity index (χ4v) is 4.71. The molecule has 2 atom stereocenters. The minimum Gasteiger partial charge on any atom is -0.481 e. The van der Waals surface area contributed by atoms with Crippen molar-refractivity contribution >= 4 is 22.9 Å². The van der Waals surface area contributed by atoms with Gasteiger partial charge in [-0.3, -0.25) is 4.79 Å². The first-order valence-electron chi connectivity index (χ1n) is 11.3. The predicted octanol–water partition coefficient (Wildman–Crippen LogP) is 6.43. The van der Waals surface area contributed by atoms with Crippen LogP contribution in [0.2, 0.25) is 0 Å². The lowest BCUT2D eigenvalue weighted by Crippen LogP contribution is -2.44. The zero-order valence-electron chi connectivity index (χ0n) is 19.4. The van der Waals surface area contributed by atoms with Gasteiger partial charge in [0.25, 0.3) is 0 Å². The minimum atomic E-state index is -0.890. The SMILES string of the molecule is CC(C)n1c(/C=C/[C@@H]2C[C@H](CC(=O)O)OC(C)(C)O2)c(-c2ccc(F)cc2)c2ccccc21. The standard InChI is InChI=1S/C27H30FNO4/c1-17(2)29-23-8-6-5-7-22(23)26(18-9-11-19(28)12-10-18)24(29)14-13-20-15-21(16-25(30)31)33-27(3,4)32-20/h5-14,17,20-21H,15-16H2,1-4H3,(H,30,31)/b14-13+/t20-,21-/m1/s1. The maximum absolute atomic E-state index is 13.7. The van der Waals surface area contributed by atoms with Crippen LogP contribution in [0.1, 0.15) is 52.3 Å². The van der Waals surface area contributed by atoms with E-state index in [0.29, 0.717) is 6.42 Å². The summed E-state index contributed by atoms with van der Waals surface area (Å²) in [6, 6.07) is 15.0. The van der Waals surface area contributed by atoms with Gasteiger partial charge in [-0.25, -0.2) is 4.39 Å². The van der Waals surface area contributed by atoms with Crippen molar-refractivity contribution in [1.82, 2.24) is 4.57 Å². The van der Waals surface area contributed by atoms with Gasteiger partial charge in [-0.2, -0.15) is 0 Å². The number of aliphatic carboxylic acids is 1. The van der Waals surface area contributed by atoms with Crippen LogP contribution in [0, 0.1) is 5.82 Å². The molecule has 0 spiro atoms. The van der Waals surface area contributed by atoms with E-state index in [1.807, 2.05) is 24.3 Å². The topological polar surface area (TPSA) is 60.7 Å². The number of para-hydroxylation sites is 1. The first-order chi connectivity index (χ1) is 15.6. The van der Waals surface area contributed by atoms with E-state index in [9.17, 15) is 14.3 Å². The van der Waals surface area contributed by atoms with Crippen molar-refractivity contribution in [2.24, 2.45) is 0 Å². The summed E-state index contributed by atoms with van der Waals surface area (Å²) >= 11 is 0. The van der Waals surface area contributed by atoms with Gasteiger partial charge in [-0.15, -0.1) is 0 Å². The van der Waals surface area contributed by atoms with Gasteiger partial charge in [0.1, 0.15) is 5.82 Å². The molecule has 1 saturated heterocycles. The van der Waals surface area contributed by atoms with E-state index in [1.54, 1.807) is 26.0 Å². The van der Waals surface area contributed by atoms with E-state index in [1.165, 1.54) is 12.1 Å². The lowest BCUT2D eigenvalue weighted by molar-refractivity contribution is -0.290. The van der Waals surface area contributed by atoms with Gasteiger partial charge >= 0.3 is 5.97 Å². The lowest BCUT2D eigenvalue weighted by Gasteiger charge is -2.39. The van der Waals surface area contributed by atoms with Gasteiger partial charge in [0.05, 0.1) is 18.6 Å². The van der Waals surface area contributed by atoms with Crippen molar-refractivity contribution in [1.29, 1.82) is 0 Å². The average molecular weight is 452 g/mol. The van der Waals surface area contributed by atoms with E-state index in [4.69, 9.17) is 9.47 Å². The molecular formula is C27H30FNO4. The lowest BCUT2D eigenvalue weighted by atomic mass is 10.0. The van der Waals surface area contributed by atoms with E-state index in [-0.39, 0.29) is 24.4 Å². The van der Waals surface area contributed by atoms with Crippen LogP contribution < -0.4 is 0 Å². The number of fused-ring (bicyclic) bond motifs is 1. The molecule has 0 amide bonds. The Bertz CT molecular complexity index is 1180. The minimum absolute atomic E-state index is 0.0653. The van der Waals surface area contributed by atoms with Crippen LogP contribution in [0.3, 0.4) is 0 Å². The molecule has 4 rings (SSSR count). The van der Waals surface area contributed by atoms with E-state index >= 15 is 0 Å². The van der Waals surface area contributed by atoms with Crippen LogP contribution >= 0.6 is 0 Å². The molecule has 174 valence electrons. The summed E-state index contributed by atoms with van der Waals surface area (Å²) in [5.41, 5.74) is 4.07. The third-order valence-corrected chi connectivity index (χ3v) is 5.85. The Morgan fingerprint density at radius 1 is 1.18 bits per heavy atom. The molecule has 1 fully saturated rings. The van der Waals surface area contributed by atoms with Gasteiger partial charge < -0.3 is 19.1 Å². The first kappa shape index (κ1) is 23.2. The number of carbonyl (C=O) groups is 1. The summed E-state index contributed by atoms with van der Waals surface area (Å²) in [7, 11) is 0. The van der Waals surface area contributed by atoms with Crippen molar-refractivity contribution in [3.05, 3.63) is 66.1 Å². The zero-order valence-corrected chi connectivity index (χ0v) is 19.4. The molecule has 2 aromatic carbocycles. The van der Waals surface area contributed by atoms with Gasteiger partial charge in [0, 0.05) is 34.6 Å². The van der Waals surface area contributed by atoms with Crippen molar-refractivity contribution in [2.45, 2.75) is 64.6 Å². The molecular weight excluding hydrogens is 421 g/mol. The Balaban J connectivity index is 1.80. The Kier molecular flexibility index (Phi) is 6.41. The molecule has 0 aliphatic carbocycles. The number of aromatic nitrogens is 1. The van der Waals surface area contributed by atoms with E-state index in [2.05, 4.69) is 30.5 Å². The molecule has 0 bridgehead atoms. The van der Waals surface area contributed by atoms with Gasteiger partial charge in [0.2, 0.25) is 0 Å². The highest BCUT2D eigenvalue weighted by Gasteiger charge is 2.35. The maximum atomic E-state index is 13.7. The van der Waals surface area contributed by atoms with Gasteiger partial charge in [-0.1, -0.05) is 36.4 Å². The summed E-state index contributed by atoms with van der Waals surface area (Å²) in [5.74, 6) is -2.04. The third kappa shape index (κ3) is 5.02. The quantitative estimate of drug-likeness (QED) is 0.469. The van der Waals surface area contributed by atoms with Gasteiger partial charge in [-0.05, 0) is 57.5 Å². The van der Waals surface area contributed by atoms with Crippen molar-refractivity contribution in [3.63, 3.8) is 0 Å². The highest BCUT2D eigenvalue weighted by atomic mass is 19.1. The van der Waals surface area contributed by atoms with Crippen LogP contribution in [0.4, 0.5) is 4.39 Å². The largest absolute Gasteiger partial charge is 0.481 e. The number of nitrogens with zero attached hydrogens (tertiary/aromatic N) is 1. The van der Waals surface area contributed by atoms with Crippen molar-refractivity contribution in [2.75, 3.05) is 0 Å². The number of rotatable bonds is 6. The van der Waals surface area contributed by atoms with Crippen LogP contribution in [-0.4, -0.2) is 33.6 Å². The Hall–Kier alpha value is -2.96. The number of benzene rings is 2. The number of carboxylic acid groups (broad SMARTS) is 1. The average Bonchev–Trinajstić information content (AvgIpc) is 3.05. The summed E-state index contributed by atoms with van der Waals surface area (Å²) in [6.07, 6.45) is 3.71. The predicted molar refractivity (Wildman–Crippen MR) is 127 cm³/mol. The normalized spacial score (nSPS) is 20.7. The van der Waals surface area contributed by atoms with Gasteiger partial charge in [0.15, 0.2) is 5.79 Å². The molecule has 2 heterocycles. The summed E-state index contributed by atoms with van der Waals surface area (Å²) in [4.78, 5) is 11.2. The van der Waals surface area contributed by atoms with E-state index < -0.39 is 17.9 Å². The summed E-state index contributed by atoms with van der Waals surface area (Å²) < 4.78 is 27.8. The molecule has 0 saturated carbocycles. The fraction of sp³-hybridized carbons (Fsp3) is 0.370. The molecule has 0 radical (unpaired) electrons. The number of ether oxygens (including phenoxy) is 2. The smallest absolute Gasteiger partial charge is 0.305 e. The Morgan fingerprint density at radius 3 is 2.55 bits per heavy atom. The molecule has 3 aromatic rings. The number of hydrogen-bond acceptors (Lipinski definition) is 3. The van der Waals surface area contributed by atoms with Crippen molar-refractivity contribution < 1.29 is 23.8 Å². The van der Waals surface area contributed by atoms with Crippen molar-refractivity contribution in [3.8, 4) is 11.1 Å². The second kappa shape index (κ2) is 9.12. The van der Waals surface area contributed by atoms with Crippen LogP contribution in [0.15, 0.2) is 54.6 Å². The Labute approximate surface area is 193 Å². The number of halogens is 1. The molecule has 1 aliphatic rings.